The van der Waals surface area contributed by atoms with E-state index in [-0.39, 0.29) is 5.69 Å². The minimum absolute atomic E-state index is 0.0278. The van der Waals surface area contributed by atoms with E-state index in [0.717, 1.165) is 0 Å². The van der Waals surface area contributed by atoms with E-state index in [4.69, 9.17) is 10.5 Å². The van der Waals surface area contributed by atoms with Gasteiger partial charge in [0.1, 0.15) is 11.3 Å². The van der Waals surface area contributed by atoms with E-state index >= 15 is 0 Å². The monoisotopic (exact) mass is 296 g/mol. The molecule has 0 saturated carbocycles. The van der Waals surface area contributed by atoms with Crippen molar-refractivity contribution in [2.75, 3.05) is 13.7 Å². The van der Waals surface area contributed by atoms with Crippen molar-refractivity contribution >= 4 is 11.7 Å². The van der Waals surface area contributed by atoms with E-state index in [1.165, 1.54) is 19.2 Å². The predicted octanol–water partition coefficient (Wildman–Crippen LogP) is 1.95. The Morgan fingerprint density at radius 1 is 1.48 bits per heavy atom. The molecule has 21 heavy (non-hydrogen) atoms. The molecule has 0 amide bonds. The Labute approximate surface area is 123 Å². The van der Waals surface area contributed by atoms with Crippen LogP contribution in [-0.2, 0) is 9.53 Å². The van der Waals surface area contributed by atoms with Gasteiger partial charge in [-0.05, 0) is 38.3 Å². The molecule has 7 nitrogen and oxygen atoms in total. The van der Waals surface area contributed by atoms with Crippen molar-refractivity contribution < 1.29 is 19.2 Å². The van der Waals surface area contributed by atoms with Gasteiger partial charge in [-0.1, -0.05) is 0 Å². The van der Waals surface area contributed by atoms with Crippen molar-refractivity contribution in [2.45, 2.75) is 32.2 Å². The van der Waals surface area contributed by atoms with Crippen LogP contribution in [0.1, 0.15) is 25.3 Å². The van der Waals surface area contributed by atoms with Gasteiger partial charge in [0.25, 0.3) is 5.69 Å². The number of rotatable bonds is 7. The van der Waals surface area contributed by atoms with Crippen LogP contribution in [0.25, 0.3) is 0 Å². The van der Waals surface area contributed by atoms with Gasteiger partial charge in [0, 0.05) is 12.1 Å². The zero-order chi connectivity index (χ0) is 16.0. The van der Waals surface area contributed by atoms with Gasteiger partial charge in [0.15, 0.2) is 0 Å². The third-order valence-electron chi connectivity index (χ3n) is 3.12. The number of hydrogen-bond acceptors (Lipinski definition) is 6. The second kappa shape index (κ2) is 7.03. The van der Waals surface area contributed by atoms with Crippen LogP contribution < -0.4 is 10.5 Å². The molecule has 0 bridgehead atoms. The summed E-state index contributed by atoms with van der Waals surface area (Å²) in [4.78, 5) is 21.6. The van der Waals surface area contributed by atoms with Gasteiger partial charge in [-0.3, -0.25) is 14.9 Å². The maximum atomic E-state index is 11.4. The van der Waals surface area contributed by atoms with E-state index in [9.17, 15) is 14.9 Å². The fraction of sp³-hybridized carbons (Fsp3) is 0.500. The van der Waals surface area contributed by atoms with Crippen LogP contribution in [0, 0.1) is 17.0 Å². The van der Waals surface area contributed by atoms with Crippen LogP contribution in [0.3, 0.4) is 0 Å². The number of nitrogens with zero attached hydrogens (tertiary/aromatic N) is 1. The zero-order valence-corrected chi connectivity index (χ0v) is 12.4. The first-order chi connectivity index (χ1) is 9.77. The zero-order valence-electron chi connectivity index (χ0n) is 12.4. The first kappa shape index (κ1) is 16.9. The van der Waals surface area contributed by atoms with Gasteiger partial charge in [0.2, 0.25) is 0 Å². The van der Waals surface area contributed by atoms with E-state index in [0.29, 0.717) is 30.8 Å². The molecule has 0 radical (unpaired) electrons. The Bertz CT molecular complexity index is 528. The molecule has 1 unspecified atom stereocenters. The maximum absolute atomic E-state index is 11.4. The lowest BCUT2D eigenvalue weighted by Gasteiger charge is -2.21. The SMILES string of the molecule is COC(=O)C(C)(N)CCCOc1ccc([N+](=O)[O-])cc1C. The van der Waals surface area contributed by atoms with Gasteiger partial charge in [-0.2, -0.15) is 0 Å². The lowest BCUT2D eigenvalue weighted by atomic mass is 9.98. The summed E-state index contributed by atoms with van der Waals surface area (Å²) < 4.78 is 10.2. The molecule has 0 fully saturated rings. The molecular weight excluding hydrogens is 276 g/mol. The third-order valence-corrected chi connectivity index (χ3v) is 3.12. The molecule has 0 aliphatic heterocycles. The first-order valence-corrected chi connectivity index (χ1v) is 6.53. The number of esters is 1. The van der Waals surface area contributed by atoms with Gasteiger partial charge in [-0.15, -0.1) is 0 Å². The van der Waals surface area contributed by atoms with E-state index in [1.54, 1.807) is 19.9 Å². The van der Waals surface area contributed by atoms with Gasteiger partial charge in [-0.25, -0.2) is 0 Å². The predicted molar refractivity (Wildman–Crippen MR) is 77.2 cm³/mol. The average Bonchev–Trinajstić information content (AvgIpc) is 2.43. The molecule has 7 heteroatoms. The second-order valence-electron chi connectivity index (χ2n) is 5.07. The molecular formula is C14H20N2O5. The number of aryl methyl sites for hydroxylation is 1. The van der Waals surface area contributed by atoms with E-state index in [1.807, 2.05) is 0 Å². The standard InChI is InChI=1S/C14H20N2O5/c1-10-9-11(16(18)19)5-6-12(10)21-8-4-7-14(2,15)13(17)20-3/h5-6,9H,4,7-8,15H2,1-3H3. The number of ether oxygens (including phenoxy) is 2. The summed E-state index contributed by atoms with van der Waals surface area (Å²) in [5, 5.41) is 10.6. The fourth-order valence-corrected chi connectivity index (χ4v) is 1.87. The summed E-state index contributed by atoms with van der Waals surface area (Å²) in [7, 11) is 1.30. The molecule has 0 saturated heterocycles. The molecule has 0 aliphatic rings. The van der Waals surface area contributed by atoms with Crippen LogP contribution in [0.15, 0.2) is 18.2 Å². The Hall–Kier alpha value is -2.15. The summed E-state index contributed by atoms with van der Waals surface area (Å²) in [6.45, 7) is 3.71. The number of nitro benzene ring substituents is 1. The van der Waals surface area contributed by atoms with Crippen molar-refractivity contribution in [3.8, 4) is 5.75 Å². The summed E-state index contributed by atoms with van der Waals surface area (Å²) >= 11 is 0. The Balaban J connectivity index is 2.50. The molecule has 1 rings (SSSR count). The molecule has 1 atom stereocenters. The van der Waals surface area contributed by atoms with Crippen molar-refractivity contribution in [2.24, 2.45) is 5.73 Å². The minimum atomic E-state index is -1.04. The van der Waals surface area contributed by atoms with Crippen LogP contribution in [0.2, 0.25) is 0 Å². The van der Waals surface area contributed by atoms with E-state index in [2.05, 4.69) is 4.74 Å². The van der Waals surface area contributed by atoms with Crippen molar-refractivity contribution in [3.05, 3.63) is 33.9 Å². The van der Waals surface area contributed by atoms with Gasteiger partial charge in [0.05, 0.1) is 18.6 Å². The van der Waals surface area contributed by atoms with Crippen molar-refractivity contribution in [1.82, 2.24) is 0 Å². The van der Waals surface area contributed by atoms with Crippen molar-refractivity contribution in [1.29, 1.82) is 0 Å². The Kier molecular flexibility index (Phi) is 5.66. The largest absolute Gasteiger partial charge is 0.493 e. The van der Waals surface area contributed by atoms with E-state index < -0.39 is 16.4 Å². The molecule has 0 heterocycles. The molecule has 0 spiro atoms. The molecule has 0 aromatic heterocycles. The summed E-state index contributed by atoms with van der Waals surface area (Å²) in [6.07, 6.45) is 0.990. The smallest absolute Gasteiger partial charge is 0.325 e. The number of benzene rings is 1. The molecule has 0 aliphatic carbocycles. The Morgan fingerprint density at radius 2 is 2.14 bits per heavy atom. The lowest BCUT2D eigenvalue weighted by Crippen LogP contribution is -2.45. The highest BCUT2D eigenvalue weighted by Crippen LogP contribution is 2.23. The van der Waals surface area contributed by atoms with Crippen LogP contribution in [-0.4, -0.2) is 30.1 Å². The molecule has 116 valence electrons. The summed E-state index contributed by atoms with van der Waals surface area (Å²) in [6, 6.07) is 4.41. The number of nitro groups is 1. The number of non-ortho nitro benzene ring substituents is 1. The number of methoxy groups -OCH3 is 1. The lowest BCUT2D eigenvalue weighted by molar-refractivity contribution is -0.384. The maximum Gasteiger partial charge on any atom is 0.325 e. The fourth-order valence-electron chi connectivity index (χ4n) is 1.87. The number of carbonyl (C=O) groups is 1. The molecule has 1 aromatic rings. The number of carbonyl (C=O) groups excluding carboxylic acids is 1. The topological polar surface area (TPSA) is 105 Å². The summed E-state index contributed by atoms with van der Waals surface area (Å²) in [5.41, 5.74) is 5.50. The Morgan fingerprint density at radius 3 is 2.67 bits per heavy atom. The van der Waals surface area contributed by atoms with Crippen LogP contribution in [0.4, 0.5) is 5.69 Å². The quantitative estimate of drug-likeness (QED) is 0.357. The third kappa shape index (κ3) is 4.71. The number of nitrogens with two attached hydrogens (primary N) is 1. The van der Waals surface area contributed by atoms with Gasteiger partial charge < -0.3 is 15.2 Å². The minimum Gasteiger partial charge on any atom is -0.493 e. The van der Waals surface area contributed by atoms with Gasteiger partial charge >= 0.3 is 5.97 Å². The highest BCUT2D eigenvalue weighted by Gasteiger charge is 2.28. The summed E-state index contributed by atoms with van der Waals surface area (Å²) in [5.74, 6) is 0.117. The number of hydrogen-bond donors (Lipinski definition) is 1. The highest BCUT2D eigenvalue weighted by molar-refractivity contribution is 5.79. The van der Waals surface area contributed by atoms with Crippen LogP contribution >= 0.6 is 0 Å². The second-order valence-corrected chi connectivity index (χ2v) is 5.07. The average molecular weight is 296 g/mol. The normalized spacial score (nSPS) is 13.3. The van der Waals surface area contributed by atoms with Crippen molar-refractivity contribution in [3.63, 3.8) is 0 Å². The highest BCUT2D eigenvalue weighted by atomic mass is 16.6. The molecule has 1 aromatic carbocycles. The molecule has 2 N–H and O–H groups in total. The first-order valence-electron chi connectivity index (χ1n) is 6.53. The van der Waals surface area contributed by atoms with Crippen LogP contribution in [0.5, 0.6) is 5.75 Å².